The summed E-state index contributed by atoms with van der Waals surface area (Å²) in [6.45, 7) is 2.92. The van der Waals surface area contributed by atoms with Gasteiger partial charge in [-0.05, 0) is 13.8 Å². The van der Waals surface area contributed by atoms with Gasteiger partial charge in [-0.25, -0.2) is 0 Å². The summed E-state index contributed by atoms with van der Waals surface area (Å²) < 4.78 is 4.28. The summed E-state index contributed by atoms with van der Waals surface area (Å²) in [7, 11) is 1.20. The molecule has 0 bridgehead atoms. The molecule has 0 aromatic carbocycles. The third kappa shape index (κ3) is 4.95. The van der Waals surface area contributed by atoms with E-state index in [0.29, 0.717) is 0 Å². The fourth-order valence-corrected chi connectivity index (χ4v) is 0.597. The molecule has 0 fully saturated rings. The summed E-state index contributed by atoms with van der Waals surface area (Å²) in [5.74, 6) is -1.28. The van der Waals surface area contributed by atoms with Gasteiger partial charge in [-0.2, -0.15) is 0 Å². The van der Waals surface area contributed by atoms with E-state index in [1.54, 1.807) is 6.92 Å². The molecular weight excluding hydrogens is 174 g/mol. The van der Waals surface area contributed by atoms with Crippen LogP contribution in [0.4, 0.5) is 0 Å². The summed E-state index contributed by atoms with van der Waals surface area (Å²) in [4.78, 5) is 32.3. The van der Waals surface area contributed by atoms with Crippen molar-refractivity contribution in [3.8, 4) is 0 Å². The number of amides is 1. The number of carbonyl (C=O) groups is 3. The Labute approximate surface area is 76.4 Å². The summed E-state index contributed by atoms with van der Waals surface area (Å²) >= 11 is 0. The minimum atomic E-state index is -0.617. The van der Waals surface area contributed by atoms with E-state index in [1.807, 2.05) is 0 Å². The van der Waals surface area contributed by atoms with Crippen LogP contribution < -0.4 is 5.32 Å². The molecule has 1 amide bonds. The van der Waals surface area contributed by atoms with Crippen molar-refractivity contribution in [3.63, 3.8) is 0 Å². The van der Waals surface area contributed by atoms with Gasteiger partial charge in [0.1, 0.15) is 6.42 Å². The molecule has 0 aliphatic rings. The zero-order valence-electron chi connectivity index (χ0n) is 7.92. The quantitative estimate of drug-likeness (QED) is 0.482. The normalized spacial score (nSPS) is 11.6. The number of hydrogen-bond acceptors (Lipinski definition) is 4. The number of carbonyl (C=O) groups excluding carboxylic acids is 3. The zero-order valence-corrected chi connectivity index (χ0v) is 7.92. The Morgan fingerprint density at radius 1 is 1.38 bits per heavy atom. The van der Waals surface area contributed by atoms with Gasteiger partial charge >= 0.3 is 5.97 Å². The average molecular weight is 187 g/mol. The molecule has 74 valence electrons. The lowest BCUT2D eigenvalue weighted by Gasteiger charge is -2.09. The van der Waals surface area contributed by atoms with Gasteiger partial charge < -0.3 is 10.1 Å². The van der Waals surface area contributed by atoms with Crippen LogP contribution in [0.25, 0.3) is 0 Å². The smallest absolute Gasteiger partial charge is 0.315 e. The number of ether oxygens (including phenoxy) is 1. The summed E-state index contributed by atoms with van der Waals surface area (Å²) in [5.41, 5.74) is 0. The molecule has 5 nitrogen and oxygen atoms in total. The molecule has 1 unspecified atom stereocenters. The van der Waals surface area contributed by atoms with Gasteiger partial charge in [-0.3, -0.25) is 14.4 Å². The molecule has 0 aliphatic heterocycles. The Bertz CT molecular complexity index is 224. The van der Waals surface area contributed by atoms with Crippen LogP contribution in [0.1, 0.15) is 20.3 Å². The van der Waals surface area contributed by atoms with Gasteiger partial charge in [-0.1, -0.05) is 0 Å². The lowest BCUT2D eigenvalue weighted by Crippen LogP contribution is -2.38. The molecule has 5 heteroatoms. The van der Waals surface area contributed by atoms with E-state index < -0.39 is 17.9 Å². The van der Waals surface area contributed by atoms with Crippen molar-refractivity contribution in [2.45, 2.75) is 26.3 Å². The largest absolute Gasteiger partial charge is 0.469 e. The van der Waals surface area contributed by atoms with Crippen molar-refractivity contribution in [2.75, 3.05) is 7.11 Å². The summed E-state index contributed by atoms with van der Waals surface area (Å²) in [5, 5.41) is 2.36. The van der Waals surface area contributed by atoms with Crippen molar-refractivity contribution < 1.29 is 19.1 Å². The van der Waals surface area contributed by atoms with Crippen LogP contribution in [0.5, 0.6) is 0 Å². The van der Waals surface area contributed by atoms with Crippen molar-refractivity contribution in [2.24, 2.45) is 0 Å². The second-order valence-corrected chi connectivity index (χ2v) is 2.65. The van der Waals surface area contributed by atoms with Gasteiger partial charge in [0.05, 0.1) is 13.2 Å². The fourth-order valence-electron chi connectivity index (χ4n) is 0.597. The summed E-state index contributed by atoms with van der Waals surface area (Å²) in [6.07, 6.45) is -0.353. The monoisotopic (exact) mass is 187 g/mol. The van der Waals surface area contributed by atoms with Crippen molar-refractivity contribution in [1.29, 1.82) is 0 Å². The number of methoxy groups -OCH3 is 1. The molecule has 0 spiro atoms. The van der Waals surface area contributed by atoms with Gasteiger partial charge in [0.25, 0.3) is 0 Å². The first kappa shape index (κ1) is 11.6. The van der Waals surface area contributed by atoms with Crippen LogP contribution in [-0.4, -0.2) is 30.8 Å². The third-order valence-electron chi connectivity index (χ3n) is 1.52. The Balaban J connectivity index is 3.88. The number of esters is 1. The van der Waals surface area contributed by atoms with Gasteiger partial charge in [-0.15, -0.1) is 0 Å². The van der Waals surface area contributed by atoms with Crippen LogP contribution in [0.2, 0.25) is 0 Å². The second-order valence-electron chi connectivity index (χ2n) is 2.65. The topological polar surface area (TPSA) is 72.5 Å². The number of nitrogens with one attached hydrogen (secondary N) is 1. The molecule has 0 aromatic rings. The Morgan fingerprint density at radius 2 is 1.92 bits per heavy atom. The highest BCUT2D eigenvalue weighted by Crippen LogP contribution is 1.88. The fraction of sp³-hybridized carbons (Fsp3) is 0.625. The standard InChI is InChI=1S/C8H13NO4/c1-5(6(2)10)9-7(11)4-8(12)13-3/h5H,4H2,1-3H3,(H,9,11). The average Bonchev–Trinajstić information content (AvgIpc) is 2.03. The predicted molar refractivity (Wildman–Crippen MR) is 44.9 cm³/mol. The highest BCUT2D eigenvalue weighted by molar-refractivity contribution is 5.96. The lowest BCUT2D eigenvalue weighted by atomic mass is 10.2. The number of hydrogen-bond donors (Lipinski definition) is 1. The second kappa shape index (κ2) is 5.29. The van der Waals surface area contributed by atoms with Crippen LogP contribution in [0, 0.1) is 0 Å². The van der Waals surface area contributed by atoms with Crippen molar-refractivity contribution in [1.82, 2.24) is 5.32 Å². The number of Topliss-reactive ketones (excluding diaryl/α,β-unsaturated/α-hetero) is 1. The first-order chi connectivity index (χ1) is 5.97. The van der Waals surface area contributed by atoms with E-state index in [9.17, 15) is 14.4 Å². The predicted octanol–water partition coefficient (Wildman–Crippen LogP) is -0.357. The van der Waals surface area contributed by atoms with Gasteiger partial charge in [0.2, 0.25) is 5.91 Å². The molecule has 0 aliphatic carbocycles. The molecule has 1 atom stereocenters. The van der Waals surface area contributed by atoms with E-state index in [0.717, 1.165) is 0 Å². The minimum Gasteiger partial charge on any atom is -0.469 e. The van der Waals surface area contributed by atoms with Gasteiger partial charge in [0, 0.05) is 0 Å². The van der Waals surface area contributed by atoms with Crippen LogP contribution >= 0.6 is 0 Å². The van der Waals surface area contributed by atoms with Crippen LogP contribution in [0.3, 0.4) is 0 Å². The maximum Gasteiger partial charge on any atom is 0.315 e. The molecule has 0 radical (unpaired) electrons. The number of ketones is 1. The van der Waals surface area contributed by atoms with Crippen LogP contribution in [0.15, 0.2) is 0 Å². The Morgan fingerprint density at radius 3 is 2.31 bits per heavy atom. The third-order valence-corrected chi connectivity index (χ3v) is 1.52. The van der Waals surface area contributed by atoms with E-state index in [4.69, 9.17) is 0 Å². The first-order valence-corrected chi connectivity index (χ1v) is 3.84. The van der Waals surface area contributed by atoms with Gasteiger partial charge in [0.15, 0.2) is 5.78 Å². The van der Waals surface area contributed by atoms with Crippen molar-refractivity contribution in [3.05, 3.63) is 0 Å². The van der Waals surface area contributed by atoms with E-state index >= 15 is 0 Å². The molecule has 0 aromatic heterocycles. The Hall–Kier alpha value is -1.39. The zero-order chi connectivity index (χ0) is 10.4. The maximum atomic E-state index is 11.0. The molecule has 0 rings (SSSR count). The summed E-state index contributed by atoms with van der Waals surface area (Å²) in [6, 6.07) is -0.558. The minimum absolute atomic E-state index is 0.154. The molecule has 1 N–H and O–H groups in total. The number of rotatable bonds is 4. The van der Waals surface area contributed by atoms with E-state index in [2.05, 4.69) is 10.1 Å². The lowest BCUT2D eigenvalue weighted by molar-refractivity contribution is -0.144. The molecule has 0 heterocycles. The highest BCUT2D eigenvalue weighted by Gasteiger charge is 2.14. The van der Waals surface area contributed by atoms with Crippen molar-refractivity contribution >= 4 is 17.7 Å². The molecular formula is C8H13NO4. The molecule has 0 saturated heterocycles. The highest BCUT2D eigenvalue weighted by atomic mass is 16.5. The molecule has 0 saturated carbocycles. The van der Waals surface area contributed by atoms with E-state index in [1.165, 1.54) is 14.0 Å². The molecule has 13 heavy (non-hydrogen) atoms. The maximum absolute atomic E-state index is 11.0. The first-order valence-electron chi connectivity index (χ1n) is 3.84. The SMILES string of the molecule is COC(=O)CC(=O)NC(C)C(C)=O. The van der Waals surface area contributed by atoms with E-state index in [-0.39, 0.29) is 12.2 Å². The Kier molecular flexibility index (Phi) is 4.72. The van der Waals surface area contributed by atoms with Crippen LogP contribution in [-0.2, 0) is 19.1 Å².